The summed E-state index contributed by atoms with van der Waals surface area (Å²) in [6.07, 6.45) is 3.75. The smallest absolute Gasteiger partial charge is 0.229 e. The Bertz CT molecular complexity index is 1090. The first kappa shape index (κ1) is 19.8. The molecule has 1 fully saturated rings. The molecule has 1 unspecified atom stereocenters. The summed E-state index contributed by atoms with van der Waals surface area (Å²) in [5.41, 5.74) is 2.76. The number of aromatic nitrogens is 2. The van der Waals surface area contributed by atoms with Gasteiger partial charge in [0.2, 0.25) is 11.8 Å². The molecular weight excluding hydrogens is 383 g/mol. The van der Waals surface area contributed by atoms with Gasteiger partial charge in [-0.05, 0) is 49.2 Å². The number of hydrogen-bond donors (Lipinski definition) is 1. The molecule has 2 amide bonds. The van der Waals surface area contributed by atoms with Crippen molar-refractivity contribution in [1.29, 1.82) is 0 Å². The normalized spacial score (nSPS) is 16.2. The number of benzene rings is 2. The third kappa shape index (κ3) is 4.10. The second-order valence-electron chi connectivity index (χ2n) is 7.65. The predicted molar refractivity (Wildman–Crippen MR) is 113 cm³/mol. The Hall–Kier alpha value is -3.48. The van der Waals surface area contributed by atoms with Gasteiger partial charge >= 0.3 is 0 Å². The fourth-order valence-corrected chi connectivity index (χ4v) is 3.65. The van der Waals surface area contributed by atoms with Crippen molar-refractivity contribution in [3.05, 3.63) is 77.6 Å². The lowest BCUT2D eigenvalue weighted by molar-refractivity contribution is -0.122. The molecule has 0 aliphatic carbocycles. The molecule has 7 heteroatoms. The number of halogens is 1. The summed E-state index contributed by atoms with van der Waals surface area (Å²) in [4.78, 5) is 30.6. The minimum absolute atomic E-state index is 0.0666. The van der Waals surface area contributed by atoms with Crippen molar-refractivity contribution >= 4 is 23.2 Å². The van der Waals surface area contributed by atoms with Crippen molar-refractivity contribution < 1.29 is 14.0 Å². The molecule has 1 aliphatic heterocycles. The zero-order valence-corrected chi connectivity index (χ0v) is 16.9. The largest absolute Gasteiger partial charge is 0.331 e. The Kier molecular flexibility index (Phi) is 5.35. The quantitative estimate of drug-likeness (QED) is 0.703. The molecule has 6 nitrogen and oxygen atoms in total. The van der Waals surface area contributed by atoms with Gasteiger partial charge in [-0.2, -0.15) is 0 Å². The zero-order chi connectivity index (χ0) is 21.3. The molecule has 0 radical (unpaired) electrons. The second-order valence-corrected chi connectivity index (χ2v) is 7.65. The summed E-state index contributed by atoms with van der Waals surface area (Å²) >= 11 is 0. The summed E-state index contributed by atoms with van der Waals surface area (Å²) in [7, 11) is 0. The third-order valence-corrected chi connectivity index (χ3v) is 5.39. The van der Waals surface area contributed by atoms with Gasteiger partial charge in [0.25, 0.3) is 0 Å². The van der Waals surface area contributed by atoms with Gasteiger partial charge in [0.1, 0.15) is 11.6 Å². The maximum absolute atomic E-state index is 14.2. The van der Waals surface area contributed by atoms with E-state index in [0.717, 1.165) is 17.0 Å². The highest BCUT2D eigenvalue weighted by Crippen LogP contribution is 2.28. The number of aryl methyl sites for hydroxylation is 2. The number of nitrogens with one attached hydrogen (secondary N) is 1. The van der Waals surface area contributed by atoms with Crippen molar-refractivity contribution in [2.45, 2.75) is 26.8 Å². The van der Waals surface area contributed by atoms with Crippen LogP contribution in [-0.4, -0.2) is 27.9 Å². The number of hydrogen-bond acceptors (Lipinski definition) is 3. The van der Waals surface area contributed by atoms with Crippen molar-refractivity contribution in [3.63, 3.8) is 0 Å². The number of anilines is 2. The highest BCUT2D eigenvalue weighted by atomic mass is 19.1. The fourth-order valence-electron chi connectivity index (χ4n) is 3.65. The highest BCUT2D eigenvalue weighted by molar-refractivity contribution is 6.03. The van der Waals surface area contributed by atoms with Crippen LogP contribution in [0.2, 0.25) is 0 Å². The molecule has 1 N–H and O–H groups in total. The highest BCUT2D eigenvalue weighted by Gasteiger charge is 2.36. The molecular formula is C23H23FN4O2. The van der Waals surface area contributed by atoms with Crippen molar-refractivity contribution in [3.8, 4) is 0 Å². The Balaban J connectivity index is 1.39. The van der Waals surface area contributed by atoms with Gasteiger partial charge < -0.3 is 14.8 Å². The van der Waals surface area contributed by atoms with Crippen LogP contribution >= 0.6 is 0 Å². The average molecular weight is 406 g/mol. The molecule has 2 aromatic carbocycles. The minimum atomic E-state index is -0.522. The average Bonchev–Trinajstić information content (AvgIpc) is 3.29. The molecule has 3 aromatic rings. The van der Waals surface area contributed by atoms with E-state index >= 15 is 0 Å². The van der Waals surface area contributed by atoms with Crippen LogP contribution in [0, 0.1) is 25.6 Å². The van der Waals surface area contributed by atoms with Crippen molar-refractivity contribution in [2.75, 3.05) is 16.8 Å². The number of rotatable bonds is 5. The van der Waals surface area contributed by atoms with Crippen LogP contribution in [0.4, 0.5) is 15.8 Å². The topological polar surface area (TPSA) is 67.2 Å². The van der Waals surface area contributed by atoms with Crippen LogP contribution in [0.1, 0.15) is 23.4 Å². The molecule has 0 bridgehead atoms. The summed E-state index contributed by atoms with van der Waals surface area (Å²) in [5.74, 6) is -0.520. The van der Waals surface area contributed by atoms with Gasteiger partial charge in [0.15, 0.2) is 0 Å². The van der Waals surface area contributed by atoms with E-state index in [-0.39, 0.29) is 30.5 Å². The predicted octanol–water partition coefficient (Wildman–Crippen LogP) is 3.68. The maximum Gasteiger partial charge on any atom is 0.229 e. The molecule has 0 saturated carbocycles. The Labute approximate surface area is 174 Å². The van der Waals surface area contributed by atoms with Crippen LogP contribution in [0.5, 0.6) is 0 Å². The van der Waals surface area contributed by atoms with E-state index < -0.39 is 11.7 Å². The van der Waals surface area contributed by atoms with E-state index in [9.17, 15) is 14.0 Å². The van der Waals surface area contributed by atoms with Gasteiger partial charge in [0, 0.05) is 37.6 Å². The number of amides is 2. The minimum Gasteiger partial charge on any atom is -0.331 e. The van der Waals surface area contributed by atoms with E-state index in [4.69, 9.17) is 0 Å². The lowest BCUT2D eigenvalue weighted by Crippen LogP contribution is -2.28. The Morgan fingerprint density at radius 2 is 1.97 bits per heavy atom. The van der Waals surface area contributed by atoms with Crippen LogP contribution in [0.15, 0.2) is 54.9 Å². The first-order valence-electron chi connectivity index (χ1n) is 9.85. The van der Waals surface area contributed by atoms with Crippen LogP contribution in [0.3, 0.4) is 0 Å². The van der Waals surface area contributed by atoms with E-state index in [1.54, 1.807) is 25.3 Å². The summed E-state index contributed by atoms with van der Waals surface area (Å²) in [6.45, 7) is 4.61. The van der Waals surface area contributed by atoms with Gasteiger partial charge in [-0.3, -0.25) is 9.59 Å². The molecule has 1 aliphatic rings. The first-order valence-corrected chi connectivity index (χ1v) is 9.85. The fraction of sp³-hybridized carbons (Fsp3) is 0.261. The lowest BCUT2D eigenvalue weighted by Gasteiger charge is -2.18. The molecule has 1 saturated heterocycles. The lowest BCUT2D eigenvalue weighted by atomic mass is 10.1. The molecule has 1 atom stereocenters. The van der Waals surface area contributed by atoms with E-state index in [0.29, 0.717) is 12.2 Å². The van der Waals surface area contributed by atoms with Gasteiger partial charge in [-0.1, -0.05) is 18.2 Å². The SMILES string of the molecule is Cc1ccc(N2CC(C(=O)Nc3ccc(Cn4ccnc4C)cc3)CC2=O)c(F)c1. The Morgan fingerprint density at radius 3 is 2.63 bits per heavy atom. The second kappa shape index (κ2) is 8.10. The summed E-state index contributed by atoms with van der Waals surface area (Å²) in [6, 6.07) is 12.3. The van der Waals surface area contributed by atoms with Crippen molar-refractivity contribution in [1.82, 2.24) is 9.55 Å². The van der Waals surface area contributed by atoms with Crippen LogP contribution in [0.25, 0.3) is 0 Å². The molecule has 0 spiro atoms. The van der Waals surface area contributed by atoms with E-state index in [1.165, 1.54) is 11.0 Å². The monoisotopic (exact) mass is 406 g/mol. The Morgan fingerprint density at radius 1 is 1.20 bits per heavy atom. The van der Waals surface area contributed by atoms with Gasteiger partial charge in [-0.15, -0.1) is 0 Å². The number of carbonyl (C=O) groups excluding carboxylic acids is 2. The molecule has 2 heterocycles. The zero-order valence-electron chi connectivity index (χ0n) is 16.9. The maximum atomic E-state index is 14.2. The standard InChI is InChI=1S/C23H23FN4O2/c1-15-3-8-21(20(24)11-15)28-14-18(12-22(28)29)23(30)26-19-6-4-17(5-7-19)13-27-10-9-25-16(27)2/h3-11,18H,12-14H2,1-2H3,(H,26,30). The van der Waals surface area contributed by atoms with Crippen molar-refractivity contribution in [2.24, 2.45) is 5.92 Å². The molecule has 30 heavy (non-hydrogen) atoms. The number of carbonyl (C=O) groups is 2. The van der Waals surface area contributed by atoms with E-state index in [2.05, 4.69) is 10.3 Å². The molecule has 1 aromatic heterocycles. The molecule has 4 rings (SSSR count). The summed E-state index contributed by atoms with van der Waals surface area (Å²) < 4.78 is 16.3. The van der Waals surface area contributed by atoms with Gasteiger partial charge in [0.05, 0.1) is 11.6 Å². The van der Waals surface area contributed by atoms with Gasteiger partial charge in [-0.25, -0.2) is 9.37 Å². The first-order chi connectivity index (χ1) is 14.4. The molecule has 154 valence electrons. The van der Waals surface area contributed by atoms with E-state index in [1.807, 2.05) is 42.0 Å². The third-order valence-electron chi connectivity index (χ3n) is 5.39. The number of imidazole rings is 1. The number of nitrogens with zero attached hydrogens (tertiary/aromatic N) is 3. The van der Waals surface area contributed by atoms with Crippen LogP contribution < -0.4 is 10.2 Å². The summed E-state index contributed by atoms with van der Waals surface area (Å²) in [5, 5.41) is 2.87. The van der Waals surface area contributed by atoms with Crippen LogP contribution in [-0.2, 0) is 16.1 Å².